The van der Waals surface area contributed by atoms with E-state index in [-0.39, 0.29) is 0 Å². The lowest BCUT2D eigenvalue weighted by atomic mass is 10.0. The monoisotopic (exact) mass is 186 g/mol. The minimum absolute atomic E-state index is 0.757. The van der Waals surface area contributed by atoms with Crippen molar-refractivity contribution in [3.05, 3.63) is 48.6 Å². The molecule has 0 spiro atoms. The summed E-state index contributed by atoms with van der Waals surface area (Å²) >= 11 is 0. The molecule has 0 bridgehead atoms. The van der Waals surface area contributed by atoms with E-state index in [4.69, 9.17) is 0 Å². The quantitative estimate of drug-likeness (QED) is 0.392. The lowest BCUT2D eigenvalue weighted by Crippen LogP contribution is -1.85. The van der Waals surface area contributed by atoms with Gasteiger partial charge >= 0.3 is 0 Å². The molecule has 0 atom stereocenters. The Bertz CT molecular complexity index is 332. The SMILES string of the molecule is C=CCCCC(=C=O)c1ccccc1. The van der Waals surface area contributed by atoms with Crippen molar-refractivity contribution in [3.8, 4) is 0 Å². The van der Waals surface area contributed by atoms with Crippen molar-refractivity contribution < 1.29 is 4.79 Å². The minimum Gasteiger partial charge on any atom is -0.233 e. The molecule has 1 aromatic rings. The van der Waals surface area contributed by atoms with Gasteiger partial charge in [0, 0.05) is 5.57 Å². The van der Waals surface area contributed by atoms with Crippen LogP contribution in [0.15, 0.2) is 43.0 Å². The molecule has 1 nitrogen and oxygen atoms in total. The molecule has 0 unspecified atom stereocenters. The Morgan fingerprint density at radius 2 is 2.07 bits per heavy atom. The van der Waals surface area contributed by atoms with E-state index >= 15 is 0 Å². The predicted molar refractivity (Wildman–Crippen MR) is 59.6 cm³/mol. The van der Waals surface area contributed by atoms with E-state index in [0.717, 1.165) is 30.4 Å². The summed E-state index contributed by atoms with van der Waals surface area (Å²) in [6.45, 7) is 3.65. The van der Waals surface area contributed by atoms with E-state index in [1.54, 1.807) is 0 Å². The average molecular weight is 186 g/mol. The predicted octanol–water partition coefficient (Wildman–Crippen LogP) is 3.26. The highest BCUT2D eigenvalue weighted by molar-refractivity contribution is 5.87. The smallest absolute Gasteiger partial charge is 0.128 e. The van der Waals surface area contributed by atoms with Crippen LogP contribution in [0.25, 0.3) is 5.57 Å². The molecule has 0 saturated heterocycles. The molecule has 1 rings (SSSR count). The van der Waals surface area contributed by atoms with Gasteiger partial charge in [0.1, 0.15) is 5.94 Å². The third-order valence-electron chi connectivity index (χ3n) is 2.08. The molecular formula is C13H14O. The van der Waals surface area contributed by atoms with Gasteiger partial charge in [-0.15, -0.1) is 6.58 Å². The van der Waals surface area contributed by atoms with Gasteiger partial charge in [0.05, 0.1) is 0 Å². The molecule has 1 heteroatoms. The number of hydrogen-bond donors (Lipinski definition) is 0. The van der Waals surface area contributed by atoms with E-state index < -0.39 is 0 Å². The van der Waals surface area contributed by atoms with Crippen molar-refractivity contribution in [2.45, 2.75) is 19.3 Å². The number of unbranched alkanes of at least 4 members (excludes halogenated alkanes) is 1. The van der Waals surface area contributed by atoms with Crippen molar-refractivity contribution >= 4 is 11.5 Å². The molecule has 0 radical (unpaired) electrons. The Morgan fingerprint density at radius 3 is 2.64 bits per heavy atom. The first-order valence-corrected chi connectivity index (χ1v) is 4.78. The van der Waals surface area contributed by atoms with Crippen molar-refractivity contribution in [3.63, 3.8) is 0 Å². The largest absolute Gasteiger partial charge is 0.233 e. The zero-order chi connectivity index (χ0) is 10.2. The van der Waals surface area contributed by atoms with Crippen LogP contribution < -0.4 is 0 Å². The van der Waals surface area contributed by atoms with Gasteiger partial charge < -0.3 is 0 Å². The summed E-state index contributed by atoms with van der Waals surface area (Å²) in [5, 5.41) is 0. The second-order valence-electron chi connectivity index (χ2n) is 3.13. The van der Waals surface area contributed by atoms with Crippen LogP contribution in [0.2, 0.25) is 0 Å². The molecule has 0 aliphatic heterocycles. The van der Waals surface area contributed by atoms with Crippen LogP contribution in [0.1, 0.15) is 24.8 Å². The summed E-state index contributed by atoms with van der Waals surface area (Å²) in [6, 6.07) is 9.68. The first-order valence-electron chi connectivity index (χ1n) is 4.78. The first-order chi connectivity index (χ1) is 6.88. The maximum absolute atomic E-state index is 10.7. The normalized spacial score (nSPS) is 9.14. The van der Waals surface area contributed by atoms with Crippen LogP contribution >= 0.6 is 0 Å². The molecule has 0 fully saturated rings. The van der Waals surface area contributed by atoms with Gasteiger partial charge in [0.2, 0.25) is 0 Å². The summed E-state index contributed by atoms with van der Waals surface area (Å²) in [5.74, 6) is 2.01. The zero-order valence-corrected chi connectivity index (χ0v) is 8.20. The van der Waals surface area contributed by atoms with Gasteiger partial charge in [0.15, 0.2) is 0 Å². The third kappa shape index (κ3) is 3.04. The Morgan fingerprint density at radius 1 is 1.36 bits per heavy atom. The molecule has 0 aromatic heterocycles. The third-order valence-corrected chi connectivity index (χ3v) is 2.08. The topological polar surface area (TPSA) is 17.1 Å². The fraction of sp³-hybridized carbons (Fsp3) is 0.231. The highest BCUT2D eigenvalue weighted by Crippen LogP contribution is 2.17. The van der Waals surface area contributed by atoms with E-state index in [1.807, 2.05) is 42.3 Å². The van der Waals surface area contributed by atoms with E-state index in [2.05, 4.69) is 6.58 Å². The van der Waals surface area contributed by atoms with Crippen molar-refractivity contribution in [2.75, 3.05) is 0 Å². The second kappa shape index (κ2) is 5.95. The lowest BCUT2D eigenvalue weighted by molar-refractivity contribution is 0.568. The van der Waals surface area contributed by atoms with Gasteiger partial charge in [-0.2, -0.15) is 0 Å². The summed E-state index contributed by atoms with van der Waals surface area (Å²) in [7, 11) is 0. The first kappa shape index (κ1) is 10.5. The van der Waals surface area contributed by atoms with E-state index in [0.29, 0.717) is 0 Å². The molecule has 0 heterocycles. The number of benzene rings is 1. The highest BCUT2D eigenvalue weighted by Gasteiger charge is 2.00. The van der Waals surface area contributed by atoms with Crippen molar-refractivity contribution in [1.82, 2.24) is 0 Å². The van der Waals surface area contributed by atoms with E-state index in [1.165, 1.54) is 0 Å². The molecule has 1 aromatic carbocycles. The molecule has 0 saturated carbocycles. The number of rotatable bonds is 5. The van der Waals surface area contributed by atoms with Crippen LogP contribution in [0, 0.1) is 0 Å². The number of hydrogen-bond acceptors (Lipinski definition) is 1. The maximum atomic E-state index is 10.7. The Balaban J connectivity index is 2.65. The molecule has 72 valence electrons. The van der Waals surface area contributed by atoms with Crippen molar-refractivity contribution in [1.29, 1.82) is 0 Å². The highest BCUT2D eigenvalue weighted by atomic mass is 16.1. The maximum Gasteiger partial charge on any atom is 0.128 e. The zero-order valence-electron chi connectivity index (χ0n) is 8.20. The fourth-order valence-electron chi connectivity index (χ4n) is 1.32. The van der Waals surface area contributed by atoms with Gasteiger partial charge in [-0.25, -0.2) is 4.79 Å². The summed E-state index contributed by atoms with van der Waals surface area (Å²) in [4.78, 5) is 10.7. The molecule has 0 N–H and O–H groups in total. The van der Waals surface area contributed by atoms with Gasteiger partial charge in [-0.1, -0.05) is 36.4 Å². The van der Waals surface area contributed by atoms with Gasteiger partial charge in [-0.3, -0.25) is 0 Å². The minimum atomic E-state index is 0.757. The van der Waals surface area contributed by atoms with Crippen molar-refractivity contribution in [2.24, 2.45) is 0 Å². The molecule has 0 aliphatic rings. The Hall–Kier alpha value is -1.59. The molecular weight excluding hydrogens is 172 g/mol. The van der Waals surface area contributed by atoms with Crippen LogP contribution in [0.4, 0.5) is 0 Å². The van der Waals surface area contributed by atoms with Crippen LogP contribution in [0.3, 0.4) is 0 Å². The van der Waals surface area contributed by atoms with E-state index in [9.17, 15) is 4.79 Å². The standard InChI is InChI=1S/C13H14O/c1-2-3-5-10-13(11-14)12-8-6-4-7-9-12/h2,4,6-9H,1,3,5,10H2. The van der Waals surface area contributed by atoms with Crippen LogP contribution in [-0.4, -0.2) is 5.94 Å². The second-order valence-corrected chi connectivity index (χ2v) is 3.13. The van der Waals surface area contributed by atoms with Crippen LogP contribution in [0.5, 0.6) is 0 Å². The Labute approximate surface area is 84.8 Å². The molecule has 14 heavy (non-hydrogen) atoms. The number of carbonyl (C=O) groups excluding carboxylic acids is 1. The summed E-state index contributed by atoms with van der Waals surface area (Å²) < 4.78 is 0. The molecule has 0 aliphatic carbocycles. The summed E-state index contributed by atoms with van der Waals surface area (Å²) in [5.41, 5.74) is 1.74. The average Bonchev–Trinajstić information content (AvgIpc) is 2.26. The van der Waals surface area contributed by atoms with Crippen LogP contribution in [-0.2, 0) is 4.79 Å². The number of allylic oxidation sites excluding steroid dienone is 2. The lowest BCUT2D eigenvalue weighted by Gasteiger charge is -2.01. The summed E-state index contributed by atoms with van der Waals surface area (Å²) in [6.07, 6.45) is 4.55. The molecule has 0 amide bonds. The van der Waals surface area contributed by atoms with Gasteiger partial charge in [-0.05, 0) is 24.8 Å². The fourth-order valence-corrected chi connectivity index (χ4v) is 1.32. The Kier molecular flexibility index (Phi) is 4.46. The van der Waals surface area contributed by atoms with Gasteiger partial charge in [0.25, 0.3) is 0 Å².